The molecular formula is C9H10BrF3N2O. The molecule has 0 unspecified atom stereocenters. The number of aromatic hydroxyl groups is 1. The predicted molar refractivity (Wildman–Crippen MR) is 56.8 cm³/mol. The van der Waals surface area contributed by atoms with Crippen molar-refractivity contribution in [2.24, 2.45) is 11.5 Å². The largest absolute Gasteiger partial charge is 0.507 e. The van der Waals surface area contributed by atoms with Crippen LogP contribution in [0.15, 0.2) is 16.6 Å². The lowest BCUT2D eigenvalue weighted by atomic mass is 10.0. The van der Waals surface area contributed by atoms with Gasteiger partial charge in [-0.15, -0.1) is 0 Å². The number of phenolic OH excluding ortho intramolecular Hbond substituents is 1. The first-order chi connectivity index (χ1) is 7.27. The smallest absolute Gasteiger partial charge is 0.420 e. The number of alkyl halides is 3. The maximum absolute atomic E-state index is 12.5. The molecule has 5 N–H and O–H groups in total. The average molecular weight is 299 g/mol. The Kier molecular flexibility index (Phi) is 3.82. The molecule has 7 heteroatoms. The highest BCUT2D eigenvalue weighted by molar-refractivity contribution is 9.10. The van der Waals surface area contributed by atoms with Gasteiger partial charge in [0.1, 0.15) is 5.75 Å². The molecule has 0 fully saturated rings. The molecule has 0 aromatic heterocycles. The van der Waals surface area contributed by atoms with Crippen molar-refractivity contribution in [1.29, 1.82) is 0 Å². The highest BCUT2D eigenvalue weighted by Crippen LogP contribution is 2.40. The summed E-state index contributed by atoms with van der Waals surface area (Å²) in [6.07, 6.45) is -4.63. The second-order valence-electron chi connectivity index (χ2n) is 3.23. The molecule has 0 aliphatic carbocycles. The van der Waals surface area contributed by atoms with Gasteiger partial charge in [-0.2, -0.15) is 13.2 Å². The molecule has 1 aromatic rings. The van der Waals surface area contributed by atoms with Crippen LogP contribution in [-0.2, 0) is 6.18 Å². The molecule has 1 rings (SSSR count). The third-order valence-electron chi connectivity index (χ3n) is 2.06. The number of nitrogens with two attached hydrogens (primary N) is 2. The average Bonchev–Trinajstić information content (AvgIpc) is 2.18. The Balaban J connectivity index is 3.38. The highest BCUT2D eigenvalue weighted by Gasteiger charge is 2.35. The van der Waals surface area contributed by atoms with Gasteiger partial charge in [0.05, 0.1) is 5.56 Å². The van der Waals surface area contributed by atoms with Crippen molar-refractivity contribution in [2.45, 2.75) is 12.2 Å². The van der Waals surface area contributed by atoms with Crippen molar-refractivity contribution >= 4 is 15.9 Å². The van der Waals surface area contributed by atoms with Crippen LogP contribution in [-0.4, -0.2) is 11.7 Å². The molecule has 90 valence electrons. The van der Waals surface area contributed by atoms with E-state index in [1.807, 2.05) is 0 Å². The third-order valence-corrected chi connectivity index (χ3v) is 2.52. The van der Waals surface area contributed by atoms with E-state index in [9.17, 15) is 18.3 Å². The summed E-state index contributed by atoms with van der Waals surface area (Å²) in [5.41, 5.74) is 9.60. The standard InChI is InChI=1S/C9H10BrF3N2O/c10-4-1-5(7(15)3-14)8(16)6(2-4)9(11,12)13/h1-2,7,16H,3,14-15H2/t7-/m1/s1. The fourth-order valence-corrected chi connectivity index (χ4v) is 1.72. The van der Waals surface area contributed by atoms with Gasteiger partial charge in [0.25, 0.3) is 0 Å². The molecule has 0 radical (unpaired) electrons. The first-order valence-corrected chi connectivity index (χ1v) is 5.12. The molecule has 0 saturated heterocycles. The van der Waals surface area contributed by atoms with Crippen molar-refractivity contribution in [1.82, 2.24) is 0 Å². The fraction of sp³-hybridized carbons (Fsp3) is 0.333. The molecule has 0 amide bonds. The zero-order valence-corrected chi connectivity index (χ0v) is 9.64. The minimum atomic E-state index is -4.63. The zero-order valence-electron chi connectivity index (χ0n) is 8.05. The minimum absolute atomic E-state index is 0.0239. The lowest BCUT2D eigenvalue weighted by Crippen LogP contribution is -2.21. The van der Waals surface area contributed by atoms with E-state index in [4.69, 9.17) is 11.5 Å². The Labute approximate surface area is 98.4 Å². The van der Waals surface area contributed by atoms with Crippen LogP contribution in [0.1, 0.15) is 17.2 Å². The summed E-state index contributed by atoms with van der Waals surface area (Å²) in [6.45, 7) is -0.0543. The number of hydrogen-bond acceptors (Lipinski definition) is 3. The molecule has 16 heavy (non-hydrogen) atoms. The number of hydrogen-bond donors (Lipinski definition) is 3. The van der Waals surface area contributed by atoms with E-state index < -0.39 is 23.5 Å². The molecule has 1 aromatic carbocycles. The van der Waals surface area contributed by atoms with Crippen molar-refractivity contribution in [3.63, 3.8) is 0 Å². The van der Waals surface area contributed by atoms with E-state index in [0.29, 0.717) is 0 Å². The molecule has 0 aliphatic heterocycles. The topological polar surface area (TPSA) is 72.3 Å². The van der Waals surface area contributed by atoms with Crippen LogP contribution < -0.4 is 11.5 Å². The Hall–Kier alpha value is -0.790. The van der Waals surface area contributed by atoms with Gasteiger partial charge in [-0.05, 0) is 12.1 Å². The zero-order chi connectivity index (χ0) is 12.5. The van der Waals surface area contributed by atoms with Gasteiger partial charge in [0.15, 0.2) is 0 Å². The molecule has 0 heterocycles. The van der Waals surface area contributed by atoms with E-state index in [-0.39, 0.29) is 16.6 Å². The SMILES string of the molecule is NC[C@@H](N)c1cc(Br)cc(C(F)(F)F)c1O. The van der Waals surface area contributed by atoms with Gasteiger partial charge < -0.3 is 16.6 Å². The highest BCUT2D eigenvalue weighted by atomic mass is 79.9. The van der Waals surface area contributed by atoms with Crippen LogP contribution in [0.3, 0.4) is 0 Å². The van der Waals surface area contributed by atoms with Gasteiger partial charge in [0, 0.05) is 22.6 Å². The number of benzene rings is 1. The van der Waals surface area contributed by atoms with Crippen molar-refractivity contribution < 1.29 is 18.3 Å². The van der Waals surface area contributed by atoms with Gasteiger partial charge in [-0.1, -0.05) is 15.9 Å². The van der Waals surface area contributed by atoms with Crippen LogP contribution in [0.4, 0.5) is 13.2 Å². The van der Waals surface area contributed by atoms with Crippen LogP contribution >= 0.6 is 15.9 Å². The van der Waals surface area contributed by atoms with Crippen LogP contribution in [0, 0.1) is 0 Å². The van der Waals surface area contributed by atoms with Gasteiger partial charge in [-0.25, -0.2) is 0 Å². The van der Waals surface area contributed by atoms with Crippen molar-refractivity contribution in [2.75, 3.05) is 6.54 Å². The summed E-state index contributed by atoms with van der Waals surface area (Å²) >= 11 is 2.93. The van der Waals surface area contributed by atoms with E-state index >= 15 is 0 Å². The van der Waals surface area contributed by atoms with Crippen molar-refractivity contribution in [3.05, 3.63) is 27.7 Å². The van der Waals surface area contributed by atoms with E-state index in [2.05, 4.69) is 15.9 Å². The van der Waals surface area contributed by atoms with E-state index in [1.165, 1.54) is 6.07 Å². The Bertz CT molecular complexity index is 395. The molecule has 0 bridgehead atoms. The molecule has 0 saturated carbocycles. The molecular weight excluding hydrogens is 289 g/mol. The second kappa shape index (κ2) is 4.60. The van der Waals surface area contributed by atoms with Crippen molar-refractivity contribution in [3.8, 4) is 5.75 Å². The molecule has 0 aliphatic rings. The predicted octanol–water partition coefficient (Wildman–Crippen LogP) is 2.13. The van der Waals surface area contributed by atoms with Crippen LogP contribution in [0.25, 0.3) is 0 Å². The van der Waals surface area contributed by atoms with Crippen LogP contribution in [0.2, 0.25) is 0 Å². The molecule has 0 spiro atoms. The first-order valence-electron chi connectivity index (χ1n) is 4.32. The fourth-order valence-electron chi connectivity index (χ4n) is 1.25. The van der Waals surface area contributed by atoms with Gasteiger partial charge >= 0.3 is 6.18 Å². The summed E-state index contributed by atoms with van der Waals surface area (Å²) in [5, 5.41) is 9.47. The summed E-state index contributed by atoms with van der Waals surface area (Å²) in [6, 6.07) is 1.28. The second-order valence-corrected chi connectivity index (χ2v) is 4.15. The first kappa shape index (κ1) is 13.3. The summed E-state index contributed by atoms with van der Waals surface area (Å²) in [4.78, 5) is 0. The van der Waals surface area contributed by atoms with Crippen LogP contribution in [0.5, 0.6) is 5.75 Å². The monoisotopic (exact) mass is 298 g/mol. The van der Waals surface area contributed by atoms with E-state index in [1.54, 1.807) is 0 Å². The Morgan fingerprint density at radius 3 is 2.38 bits per heavy atom. The Morgan fingerprint density at radius 1 is 1.38 bits per heavy atom. The molecule has 3 nitrogen and oxygen atoms in total. The normalized spacial score (nSPS) is 13.9. The quantitative estimate of drug-likeness (QED) is 0.783. The number of phenols is 1. The summed E-state index contributed by atoms with van der Waals surface area (Å²) in [5.74, 6) is -0.867. The van der Waals surface area contributed by atoms with Gasteiger partial charge in [-0.3, -0.25) is 0 Å². The maximum Gasteiger partial charge on any atom is 0.420 e. The van der Waals surface area contributed by atoms with Gasteiger partial charge in [0.2, 0.25) is 0 Å². The lowest BCUT2D eigenvalue weighted by molar-refractivity contribution is -0.138. The number of halogens is 4. The summed E-state index contributed by atoms with van der Waals surface area (Å²) < 4.78 is 37.8. The summed E-state index contributed by atoms with van der Waals surface area (Å²) in [7, 11) is 0. The molecule has 1 atom stereocenters. The lowest BCUT2D eigenvalue weighted by Gasteiger charge is -2.16. The number of rotatable bonds is 2. The maximum atomic E-state index is 12.5. The third kappa shape index (κ3) is 2.66. The van der Waals surface area contributed by atoms with E-state index in [0.717, 1.165) is 6.07 Å². The Morgan fingerprint density at radius 2 is 1.94 bits per heavy atom. The minimum Gasteiger partial charge on any atom is -0.507 e.